The minimum Gasteiger partial charge on any atom is -0.431 e. The van der Waals surface area contributed by atoms with Crippen LogP contribution < -0.4 is 0 Å². The van der Waals surface area contributed by atoms with Crippen LogP contribution in [0.25, 0.3) is 11.3 Å². The number of halogens is 1. The summed E-state index contributed by atoms with van der Waals surface area (Å²) in [5.41, 5.74) is 2.45. The molecule has 1 aromatic heterocycles. The second-order valence-electron chi connectivity index (χ2n) is 4.60. The van der Waals surface area contributed by atoms with Crippen molar-refractivity contribution in [1.82, 2.24) is 4.98 Å². The van der Waals surface area contributed by atoms with Gasteiger partial charge in [-0.2, -0.15) is 5.26 Å². The third kappa shape index (κ3) is 3.35. The molecule has 0 aliphatic carbocycles. The van der Waals surface area contributed by atoms with Gasteiger partial charge in [-0.1, -0.05) is 23.9 Å². The van der Waals surface area contributed by atoms with Crippen LogP contribution in [0.2, 0.25) is 0 Å². The fraction of sp³-hybridized carbons (Fsp3) is 0.0588. The monoisotopic (exact) mass is 310 g/mol. The molecule has 0 radical (unpaired) electrons. The summed E-state index contributed by atoms with van der Waals surface area (Å²) in [6.45, 7) is 0. The first kappa shape index (κ1) is 14.4. The maximum Gasteiger partial charge on any atom is 0.256 e. The molecule has 3 aromatic rings. The smallest absolute Gasteiger partial charge is 0.256 e. The van der Waals surface area contributed by atoms with Gasteiger partial charge < -0.3 is 4.42 Å². The second-order valence-corrected chi connectivity index (χ2v) is 5.52. The lowest BCUT2D eigenvalue weighted by Crippen LogP contribution is -1.82. The van der Waals surface area contributed by atoms with Crippen LogP contribution in [-0.2, 0) is 5.75 Å². The maximum atomic E-state index is 12.9. The van der Waals surface area contributed by atoms with Crippen LogP contribution in [0.3, 0.4) is 0 Å². The average molecular weight is 310 g/mol. The van der Waals surface area contributed by atoms with Crippen molar-refractivity contribution in [2.24, 2.45) is 0 Å². The number of hydrogen-bond acceptors (Lipinski definition) is 4. The van der Waals surface area contributed by atoms with Gasteiger partial charge in [-0.15, -0.1) is 0 Å². The van der Waals surface area contributed by atoms with Gasteiger partial charge in [0.2, 0.25) is 0 Å². The van der Waals surface area contributed by atoms with E-state index in [1.165, 1.54) is 23.9 Å². The minimum absolute atomic E-state index is 0.282. The van der Waals surface area contributed by atoms with Crippen molar-refractivity contribution in [3.05, 3.63) is 71.7 Å². The molecule has 0 bridgehead atoms. The molecule has 22 heavy (non-hydrogen) atoms. The molecule has 0 unspecified atom stereocenters. The van der Waals surface area contributed by atoms with E-state index >= 15 is 0 Å². The Morgan fingerprint density at radius 1 is 1.18 bits per heavy atom. The molecular weight excluding hydrogens is 299 g/mol. The van der Waals surface area contributed by atoms with Crippen LogP contribution >= 0.6 is 11.8 Å². The van der Waals surface area contributed by atoms with E-state index in [-0.39, 0.29) is 5.82 Å². The predicted octanol–water partition coefficient (Wildman–Crippen LogP) is 4.64. The first-order valence-electron chi connectivity index (χ1n) is 6.58. The summed E-state index contributed by atoms with van der Waals surface area (Å²) in [4.78, 5) is 4.21. The van der Waals surface area contributed by atoms with Gasteiger partial charge in [0.1, 0.15) is 5.82 Å². The summed E-state index contributed by atoms with van der Waals surface area (Å²) in [7, 11) is 0. The Hall–Kier alpha value is -2.58. The summed E-state index contributed by atoms with van der Waals surface area (Å²) >= 11 is 1.45. The number of aromatic nitrogens is 1. The molecule has 0 N–H and O–H groups in total. The third-order valence-electron chi connectivity index (χ3n) is 3.03. The highest BCUT2D eigenvalue weighted by Gasteiger charge is 2.07. The van der Waals surface area contributed by atoms with Gasteiger partial charge in [-0.25, -0.2) is 9.37 Å². The minimum atomic E-state index is -0.282. The fourth-order valence-electron chi connectivity index (χ4n) is 1.95. The number of benzene rings is 2. The molecule has 2 aromatic carbocycles. The Morgan fingerprint density at radius 3 is 2.77 bits per heavy atom. The Morgan fingerprint density at radius 2 is 2.00 bits per heavy atom. The summed E-state index contributed by atoms with van der Waals surface area (Å²) < 4.78 is 18.6. The molecule has 3 nitrogen and oxygen atoms in total. The Bertz CT molecular complexity index is 821. The number of rotatable bonds is 4. The van der Waals surface area contributed by atoms with Crippen molar-refractivity contribution in [2.45, 2.75) is 11.0 Å². The van der Waals surface area contributed by atoms with Gasteiger partial charge in [-0.3, -0.25) is 0 Å². The number of nitriles is 1. The zero-order valence-electron chi connectivity index (χ0n) is 11.5. The van der Waals surface area contributed by atoms with Gasteiger partial charge in [0, 0.05) is 11.3 Å². The molecule has 108 valence electrons. The van der Waals surface area contributed by atoms with Crippen molar-refractivity contribution in [2.75, 3.05) is 0 Å². The predicted molar refractivity (Wildman–Crippen MR) is 82.6 cm³/mol. The van der Waals surface area contributed by atoms with Gasteiger partial charge in [-0.05, 0) is 42.0 Å². The van der Waals surface area contributed by atoms with Crippen molar-refractivity contribution in [1.29, 1.82) is 5.26 Å². The maximum absolute atomic E-state index is 12.9. The highest BCUT2D eigenvalue weighted by atomic mass is 32.2. The molecule has 0 saturated carbocycles. The molecule has 0 atom stereocenters. The number of thioether (sulfide) groups is 1. The molecule has 3 rings (SSSR count). The normalized spacial score (nSPS) is 10.4. The van der Waals surface area contributed by atoms with Gasteiger partial charge in [0.25, 0.3) is 5.22 Å². The van der Waals surface area contributed by atoms with Crippen LogP contribution in [0.15, 0.2) is 64.4 Å². The Balaban J connectivity index is 1.69. The van der Waals surface area contributed by atoms with Crippen molar-refractivity contribution in [3.8, 4) is 17.4 Å². The average Bonchev–Trinajstić information content (AvgIpc) is 3.03. The van der Waals surface area contributed by atoms with Crippen LogP contribution in [-0.4, -0.2) is 4.98 Å². The Labute approximate surface area is 131 Å². The third-order valence-corrected chi connectivity index (χ3v) is 3.94. The first-order valence-corrected chi connectivity index (χ1v) is 7.57. The van der Waals surface area contributed by atoms with Crippen molar-refractivity contribution in [3.63, 3.8) is 0 Å². The molecular formula is C17H11FN2OS. The van der Waals surface area contributed by atoms with E-state index < -0.39 is 0 Å². The largest absolute Gasteiger partial charge is 0.431 e. The molecule has 0 spiro atoms. The summed E-state index contributed by atoms with van der Waals surface area (Å²) in [5, 5.41) is 9.43. The zero-order chi connectivity index (χ0) is 15.4. The van der Waals surface area contributed by atoms with Crippen LogP contribution in [0.1, 0.15) is 11.1 Å². The van der Waals surface area contributed by atoms with Crippen molar-refractivity contribution >= 4 is 11.8 Å². The SMILES string of the molecule is N#Cc1cccc(CSc2ncc(-c3ccc(F)cc3)o2)c1. The quantitative estimate of drug-likeness (QED) is 0.658. The van der Waals surface area contributed by atoms with E-state index in [2.05, 4.69) is 11.1 Å². The van der Waals surface area contributed by atoms with Gasteiger partial charge in [0.15, 0.2) is 5.76 Å². The van der Waals surface area contributed by atoms with Gasteiger partial charge in [0.05, 0.1) is 17.8 Å². The lowest BCUT2D eigenvalue weighted by Gasteiger charge is -1.99. The summed E-state index contributed by atoms with van der Waals surface area (Å²) in [6.07, 6.45) is 1.63. The highest BCUT2D eigenvalue weighted by Crippen LogP contribution is 2.27. The molecule has 0 aliphatic heterocycles. The van der Waals surface area contributed by atoms with Gasteiger partial charge >= 0.3 is 0 Å². The van der Waals surface area contributed by atoms with Crippen molar-refractivity contribution < 1.29 is 8.81 Å². The Kier molecular flexibility index (Phi) is 4.22. The molecule has 0 fully saturated rings. The van der Waals surface area contributed by atoms with E-state index in [1.54, 1.807) is 24.4 Å². The highest BCUT2D eigenvalue weighted by molar-refractivity contribution is 7.98. The molecule has 5 heteroatoms. The summed E-state index contributed by atoms with van der Waals surface area (Å²) in [6, 6.07) is 15.6. The standard InChI is InChI=1S/C17H11FN2OS/c18-15-6-4-14(5-7-15)16-10-20-17(21-16)22-11-13-3-1-2-12(8-13)9-19/h1-8,10H,11H2. The molecule has 1 heterocycles. The molecule has 0 saturated heterocycles. The molecule has 0 aliphatic rings. The van der Waals surface area contributed by atoms with E-state index in [1.807, 2.05) is 18.2 Å². The van der Waals surface area contributed by atoms with Crippen LogP contribution in [0.5, 0.6) is 0 Å². The van der Waals surface area contributed by atoms with E-state index in [4.69, 9.17) is 9.68 Å². The number of hydrogen-bond donors (Lipinski definition) is 0. The topological polar surface area (TPSA) is 49.8 Å². The van der Waals surface area contributed by atoms with E-state index in [0.29, 0.717) is 22.3 Å². The second kappa shape index (κ2) is 6.46. The lowest BCUT2D eigenvalue weighted by atomic mass is 10.2. The first-order chi connectivity index (χ1) is 10.7. The fourth-order valence-corrected chi connectivity index (χ4v) is 2.69. The van der Waals surface area contributed by atoms with Crippen LogP contribution in [0.4, 0.5) is 4.39 Å². The van der Waals surface area contributed by atoms with Crippen LogP contribution in [0, 0.1) is 17.1 Å². The molecule has 0 amide bonds. The summed E-state index contributed by atoms with van der Waals surface area (Å²) in [5.74, 6) is 0.988. The lowest BCUT2D eigenvalue weighted by molar-refractivity contribution is 0.466. The van der Waals surface area contributed by atoms with E-state index in [9.17, 15) is 4.39 Å². The number of nitrogens with zero attached hydrogens (tertiary/aromatic N) is 2. The zero-order valence-corrected chi connectivity index (χ0v) is 12.3. The number of oxazole rings is 1. The van der Waals surface area contributed by atoms with E-state index in [0.717, 1.165) is 11.1 Å².